The summed E-state index contributed by atoms with van der Waals surface area (Å²) in [6.45, 7) is 5.09. The van der Waals surface area contributed by atoms with E-state index >= 15 is 0 Å². The Labute approximate surface area is 174 Å². The van der Waals surface area contributed by atoms with Crippen molar-refractivity contribution in [3.8, 4) is 5.88 Å². The molecule has 7 heteroatoms. The Balaban J connectivity index is 1.36. The van der Waals surface area contributed by atoms with E-state index in [1.54, 1.807) is 4.40 Å². The van der Waals surface area contributed by atoms with E-state index in [1.807, 2.05) is 43.5 Å². The molecule has 1 spiro atoms. The van der Waals surface area contributed by atoms with Gasteiger partial charge in [0.15, 0.2) is 0 Å². The number of rotatable bonds is 4. The number of aromatic nitrogens is 2. The molecule has 1 aliphatic carbocycles. The smallest absolute Gasteiger partial charge is 0.261 e. The summed E-state index contributed by atoms with van der Waals surface area (Å²) in [6.07, 6.45) is 4.42. The van der Waals surface area contributed by atoms with E-state index in [4.69, 9.17) is 4.18 Å². The van der Waals surface area contributed by atoms with Gasteiger partial charge in [-0.1, -0.05) is 17.7 Å². The number of hydrogen-bond acceptors (Lipinski definition) is 6. The average Bonchev–Trinajstić information content (AvgIpc) is 3.50. The van der Waals surface area contributed by atoms with Crippen molar-refractivity contribution in [3.63, 3.8) is 0 Å². The lowest BCUT2D eigenvalue weighted by Gasteiger charge is -2.41. The molecule has 29 heavy (non-hydrogen) atoms. The Bertz CT molecular complexity index is 1110. The molecular formula is C22H24N4O2S. The summed E-state index contributed by atoms with van der Waals surface area (Å²) in [4.78, 5) is 23.0. The number of fused-ring (bicyclic) bond motifs is 1. The van der Waals surface area contributed by atoms with Gasteiger partial charge in [-0.3, -0.25) is 14.1 Å². The lowest BCUT2D eigenvalue weighted by molar-refractivity contribution is 0.199. The first-order chi connectivity index (χ1) is 14.0. The molecule has 0 bridgehead atoms. The van der Waals surface area contributed by atoms with Gasteiger partial charge in [-0.2, -0.15) is 4.98 Å². The predicted octanol–water partition coefficient (Wildman–Crippen LogP) is 3.37. The molecule has 3 heterocycles. The normalized spacial score (nSPS) is 18.3. The van der Waals surface area contributed by atoms with Crippen LogP contribution >= 0.6 is 12.0 Å². The number of anilines is 1. The van der Waals surface area contributed by atoms with Crippen LogP contribution in [-0.4, -0.2) is 46.5 Å². The maximum absolute atomic E-state index is 12.7. The number of pyridine rings is 1. The fourth-order valence-corrected chi connectivity index (χ4v) is 4.47. The van der Waals surface area contributed by atoms with Crippen LogP contribution in [0.5, 0.6) is 5.88 Å². The summed E-state index contributed by atoms with van der Waals surface area (Å²) in [5.41, 5.74) is 3.06. The number of likely N-dealkylation sites (N-methyl/N-ethyl adjacent to an activating group) is 1. The summed E-state index contributed by atoms with van der Waals surface area (Å²) in [6, 6.07) is 13.4. The topological polar surface area (TPSA) is 50.1 Å². The molecule has 1 saturated heterocycles. The van der Waals surface area contributed by atoms with Crippen molar-refractivity contribution in [2.45, 2.75) is 30.2 Å². The van der Waals surface area contributed by atoms with Crippen LogP contribution in [0.1, 0.15) is 18.4 Å². The first-order valence-electron chi connectivity index (χ1n) is 9.93. The van der Waals surface area contributed by atoms with Gasteiger partial charge < -0.3 is 9.08 Å². The van der Waals surface area contributed by atoms with Gasteiger partial charge in [0.1, 0.15) is 5.65 Å². The van der Waals surface area contributed by atoms with E-state index in [2.05, 4.69) is 27.9 Å². The minimum Gasteiger partial charge on any atom is -0.400 e. The maximum Gasteiger partial charge on any atom is 0.261 e. The molecule has 150 valence electrons. The summed E-state index contributed by atoms with van der Waals surface area (Å²) in [7, 11) is 2.22. The van der Waals surface area contributed by atoms with E-state index in [0.717, 1.165) is 30.2 Å². The Morgan fingerprint density at radius 2 is 1.90 bits per heavy atom. The largest absolute Gasteiger partial charge is 0.400 e. The molecule has 0 atom stereocenters. The van der Waals surface area contributed by atoms with E-state index in [9.17, 15) is 4.79 Å². The second-order valence-corrected chi connectivity index (χ2v) is 8.90. The molecule has 0 amide bonds. The van der Waals surface area contributed by atoms with Crippen molar-refractivity contribution in [1.82, 2.24) is 14.3 Å². The Morgan fingerprint density at radius 1 is 1.10 bits per heavy atom. The van der Waals surface area contributed by atoms with E-state index in [-0.39, 0.29) is 5.56 Å². The van der Waals surface area contributed by atoms with E-state index in [0.29, 0.717) is 17.1 Å². The molecule has 2 aromatic heterocycles. The van der Waals surface area contributed by atoms with Crippen molar-refractivity contribution >= 4 is 23.4 Å². The molecule has 6 nitrogen and oxygen atoms in total. The molecule has 1 saturated carbocycles. The Kier molecular flexibility index (Phi) is 4.52. The SMILES string of the molecule is Cc1ccc(SOc2cc(=O)n3cc(N4CCN(C)C5(CC5)C4)ccc3n2)cc1. The van der Waals surface area contributed by atoms with Crippen LogP contribution in [0.2, 0.25) is 0 Å². The minimum atomic E-state index is -0.133. The molecule has 2 aliphatic rings. The molecule has 0 unspecified atom stereocenters. The Hall–Kier alpha value is -2.51. The maximum atomic E-state index is 12.7. The fourth-order valence-electron chi connectivity index (χ4n) is 3.95. The molecule has 3 aromatic rings. The third-order valence-electron chi connectivity index (χ3n) is 6.06. The van der Waals surface area contributed by atoms with Crippen LogP contribution in [0, 0.1) is 6.92 Å². The molecular weight excluding hydrogens is 384 g/mol. The van der Waals surface area contributed by atoms with Crippen molar-refractivity contribution in [2.24, 2.45) is 0 Å². The van der Waals surface area contributed by atoms with Crippen molar-refractivity contribution < 1.29 is 4.18 Å². The van der Waals surface area contributed by atoms with Crippen LogP contribution in [0.4, 0.5) is 5.69 Å². The number of hydrogen-bond donors (Lipinski definition) is 0. The average molecular weight is 409 g/mol. The summed E-state index contributed by atoms with van der Waals surface area (Å²) >= 11 is 1.21. The Morgan fingerprint density at radius 3 is 2.66 bits per heavy atom. The predicted molar refractivity (Wildman–Crippen MR) is 116 cm³/mol. The van der Waals surface area contributed by atoms with Gasteiger partial charge in [-0.15, -0.1) is 0 Å². The minimum absolute atomic E-state index is 0.133. The lowest BCUT2D eigenvalue weighted by Crippen LogP contribution is -2.53. The van der Waals surface area contributed by atoms with Crippen LogP contribution in [0.25, 0.3) is 5.65 Å². The third-order valence-corrected chi connectivity index (χ3v) is 6.78. The zero-order valence-corrected chi connectivity index (χ0v) is 17.5. The van der Waals surface area contributed by atoms with Gasteiger partial charge in [0, 0.05) is 36.3 Å². The van der Waals surface area contributed by atoms with E-state index in [1.165, 1.54) is 36.5 Å². The monoisotopic (exact) mass is 408 g/mol. The first-order valence-corrected chi connectivity index (χ1v) is 10.7. The van der Waals surface area contributed by atoms with Crippen LogP contribution in [0.3, 0.4) is 0 Å². The number of benzene rings is 1. The van der Waals surface area contributed by atoms with Gasteiger partial charge in [-0.25, -0.2) is 0 Å². The first kappa shape index (κ1) is 18.5. The molecule has 5 rings (SSSR count). The number of piperazine rings is 1. The zero-order valence-electron chi connectivity index (χ0n) is 16.7. The highest BCUT2D eigenvalue weighted by atomic mass is 32.2. The second kappa shape index (κ2) is 7.07. The van der Waals surface area contributed by atoms with Gasteiger partial charge in [-0.05, 0) is 51.1 Å². The summed E-state index contributed by atoms with van der Waals surface area (Å²) in [5.74, 6) is 0.324. The van der Waals surface area contributed by atoms with Crippen molar-refractivity contribution in [1.29, 1.82) is 0 Å². The summed E-state index contributed by atoms with van der Waals surface area (Å²) in [5, 5.41) is 0. The van der Waals surface area contributed by atoms with Crippen molar-refractivity contribution in [3.05, 3.63) is 64.6 Å². The fraction of sp³-hybridized carbons (Fsp3) is 0.364. The zero-order chi connectivity index (χ0) is 20.0. The quantitative estimate of drug-likeness (QED) is 0.617. The highest BCUT2D eigenvalue weighted by Crippen LogP contribution is 2.44. The number of aryl methyl sites for hydroxylation is 1. The van der Waals surface area contributed by atoms with Gasteiger partial charge in [0.2, 0.25) is 5.88 Å². The van der Waals surface area contributed by atoms with Crippen LogP contribution in [0.15, 0.2) is 58.4 Å². The molecule has 0 radical (unpaired) electrons. The standard InChI is InChI=1S/C22H24N4O2S/c1-16-3-6-18(7-4-16)29-28-20-13-21(27)26-14-17(5-8-19(26)23-20)25-12-11-24(2)22(15-25)9-10-22/h3-8,13-14H,9-12,15H2,1-2H3. The van der Waals surface area contributed by atoms with Gasteiger partial charge in [0.05, 0.1) is 23.8 Å². The molecule has 0 N–H and O–H groups in total. The highest BCUT2D eigenvalue weighted by molar-refractivity contribution is 7.95. The van der Waals surface area contributed by atoms with Crippen LogP contribution < -0.4 is 14.6 Å². The summed E-state index contributed by atoms with van der Waals surface area (Å²) < 4.78 is 7.30. The van der Waals surface area contributed by atoms with Gasteiger partial charge in [0.25, 0.3) is 5.56 Å². The molecule has 2 fully saturated rings. The van der Waals surface area contributed by atoms with Gasteiger partial charge >= 0.3 is 0 Å². The molecule has 1 aromatic carbocycles. The van der Waals surface area contributed by atoms with E-state index < -0.39 is 0 Å². The highest BCUT2D eigenvalue weighted by Gasteiger charge is 2.49. The lowest BCUT2D eigenvalue weighted by atomic mass is 10.1. The third kappa shape index (κ3) is 3.60. The number of nitrogens with zero attached hydrogens (tertiary/aromatic N) is 4. The molecule has 1 aliphatic heterocycles. The van der Waals surface area contributed by atoms with Crippen LogP contribution in [-0.2, 0) is 0 Å². The van der Waals surface area contributed by atoms with Crippen molar-refractivity contribution in [2.75, 3.05) is 31.6 Å². The second-order valence-electron chi connectivity index (χ2n) is 8.10.